The van der Waals surface area contributed by atoms with Crippen molar-refractivity contribution >= 4 is 0 Å². The first-order valence-corrected chi connectivity index (χ1v) is 3.52. The Balaban J connectivity index is 2.63. The normalized spacial score (nSPS) is 49.2. The zero-order chi connectivity index (χ0) is 9.30. The number of ether oxygens (including phenoxy) is 1. The van der Waals surface area contributed by atoms with Crippen molar-refractivity contribution in [3.8, 4) is 0 Å². The average Bonchev–Trinajstić information content (AvgIpc) is 2.08. The number of alkyl halides is 1. The summed E-state index contributed by atoms with van der Waals surface area (Å²) in [6.45, 7) is -0.606. The lowest BCUT2D eigenvalue weighted by Gasteiger charge is -2.36. The van der Waals surface area contributed by atoms with Gasteiger partial charge in [-0.15, -0.1) is 0 Å². The second-order valence-corrected chi connectivity index (χ2v) is 2.67. The van der Waals surface area contributed by atoms with Gasteiger partial charge in [0.1, 0.15) is 18.3 Å². The summed E-state index contributed by atoms with van der Waals surface area (Å²) in [7, 11) is 0. The monoisotopic (exact) mass is 181 g/mol. The minimum Gasteiger partial charge on any atom is -0.394 e. The van der Waals surface area contributed by atoms with Crippen LogP contribution in [-0.2, 0) is 4.74 Å². The first kappa shape index (κ1) is 9.82. The van der Waals surface area contributed by atoms with E-state index in [1.54, 1.807) is 0 Å². The minimum absolute atomic E-state index is 0.606. The Hall–Kier alpha value is -0.270. The molecule has 5 atom stereocenters. The Labute approximate surface area is 68.0 Å². The van der Waals surface area contributed by atoms with Crippen molar-refractivity contribution in [3.05, 3.63) is 0 Å². The van der Waals surface area contributed by atoms with Crippen molar-refractivity contribution in [2.45, 2.75) is 30.8 Å². The number of aliphatic hydroxyl groups excluding tert-OH is 4. The van der Waals surface area contributed by atoms with Gasteiger partial charge in [0.2, 0.25) is 0 Å². The van der Waals surface area contributed by atoms with Crippen molar-refractivity contribution in [2.24, 2.45) is 0 Å². The van der Waals surface area contributed by atoms with E-state index in [-0.39, 0.29) is 0 Å². The second kappa shape index (κ2) is 3.63. The van der Waals surface area contributed by atoms with Crippen LogP contribution in [0.4, 0.5) is 4.39 Å². The molecular formula is C6H11FO5. The van der Waals surface area contributed by atoms with Gasteiger partial charge in [0.05, 0.1) is 6.61 Å². The molecule has 0 amide bonds. The fraction of sp³-hybridized carbons (Fsp3) is 1.00. The van der Waals surface area contributed by atoms with Crippen molar-refractivity contribution in [1.29, 1.82) is 0 Å². The van der Waals surface area contributed by atoms with Crippen LogP contribution in [0.5, 0.6) is 0 Å². The van der Waals surface area contributed by atoms with Gasteiger partial charge in [-0.05, 0) is 0 Å². The molecule has 4 N–H and O–H groups in total. The average molecular weight is 181 g/mol. The zero-order valence-corrected chi connectivity index (χ0v) is 6.17. The third-order valence-corrected chi connectivity index (χ3v) is 1.82. The second-order valence-electron chi connectivity index (χ2n) is 2.67. The van der Waals surface area contributed by atoms with E-state index < -0.39 is 37.4 Å². The highest BCUT2D eigenvalue weighted by Gasteiger charge is 2.43. The van der Waals surface area contributed by atoms with Crippen LogP contribution in [0.1, 0.15) is 0 Å². The molecule has 0 spiro atoms. The number of aliphatic hydroxyl groups is 4. The molecule has 6 heteroatoms. The fourth-order valence-electron chi connectivity index (χ4n) is 1.06. The maximum atomic E-state index is 12.8. The summed E-state index contributed by atoms with van der Waals surface area (Å²) in [6.07, 6.45) is -8.24. The molecule has 1 fully saturated rings. The summed E-state index contributed by atoms with van der Waals surface area (Å²) in [5.41, 5.74) is 0. The van der Waals surface area contributed by atoms with E-state index in [4.69, 9.17) is 20.4 Å². The van der Waals surface area contributed by atoms with Crippen LogP contribution in [0.3, 0.4) is 0 Å². The van der Waals surface area contributed by atoms with Crippen LogP contribution in [0.25, 0.3) is 0 Å². The molecule has 0 aromatic heterocycles. The molecule has 1 heterocycles. The lowest BCUT2D eigenvalue weighted by atomic mass is 10.0. The maximum absolute atomic E-state index is 12.8. The molecule has 0 radical (unpaired) electrons. The SMILES string of the molecule is OC[C@H]1OC(O)[C@H](O)[C@@H]([18F])[C@@H]1O. The topological polar surface area (TPSA) is 90.2 Å². The molecule has 12 heavy (non-hydrogen) atoms. The molecule has 0 aromatic carbocycles. The molecule has 1 unspecified atom stereocenters. The van der Waals surface area contributed by atoms with Gasteiger partial charge in [-0.2, -0.15) is 0 Å². The molecule has 0 saturated carbocycles. The predicted octanol–water partition coefficient (Wildman–Crippen LogP) is -2.24. The molecule has 72 valence electrons. The third-order valence-electron chi connectivity index (χ3n) is 1.82. The fourth-order valence-corrected chi connectivity index (χ4v) is 1.06. The number of halogens is 1. The van der Waals surface area contributed by atoms with Gasteiger partial charge >= 0.3 is 0 Å². The van der Waals surface area contributed by atoms with Crippen LogP contribution in [0.2, 0.25) is 0 Å². The molecule has 0 aromatic rings. The Morgan fingerprint density at radius 2 is 1.75 bits per heavy atom. The van der Waals surface area contributed by atoms with E-state index in [0.717, 1.165) is 0 Å². The summed E-state index contributed by atoms with van der Waals surface area (Å²) in [5, 5.41) is 35.2. The first-order chi connectivity index (χ1) is 5.57. The van der Waals surface area contributed by atoms with Gasteiger partial charge < -0.3 is 25.2 Å². The van der Waals surface area contributed by atoms with Crippen molar-refractivity contribution < 1.29 is 29.6 Å². The number of hydrogen-bond donors (Lipinski definition) is 4. The van der Waals surface area contributed by atoms with Crippen molar-refractivity contribution in [1.82, 2.24) is 0 Å². The highest BCUT2D eigenvalue weighted by Crippen LogP contribution is 2.21. The molecule has 1 rings (SSSR count). The van der Waals surface area contributed by atoms with Gasteiger partial charge in [0.15, 0.2) is 12.5 Å². The summed E-state index contributed by atoms with van der Waals surface area (Å²) in [4.78, 5) is 0. The molecule has 0 aliphatic carbocycles. The summed E-state index contributed by atoms with van der Waals surface area (Å²) >= 11 is 0. The smallest absolute Gasteiger partial charge is 0.184 e. The van der Waals surface area contributed by atoms with Crippen LogP contribution in [0, 0.1) is 0 Å². The Morgan fingerprint density at radius 3 is 2.25 bits per heavy atom. The van der Waals surface area contributed by atoms with Crippen LogP contribution in [0.15, 0.2) is 0 Å². The predicted molar refractivity (Wildman–Crippen MR) is 34.9 cm³/mol. The van der Waals surface area contributed by atoms with E-state index in [1.165, 1.54) is 0 Å². The summed E-state index contributed by atoms with van der Waals surface area (Å²) in [5.74, 6) is 0. The van der Waals surface area contributed by atoms with Gasteiger partial charge in [0.25, 0.3) is 0 Å². The van der Waals surface area contributed by atoms with Gasteiger partial charge in [-0.3, -0.25) is 0 Å². The van der Waals surface area contributed by atoms with Gasteiger partial charge in [0, 0.05) is 0 Å². The largest absolute Gasteiger partial charge is 0.394 e. The van der Waals surface area contributed by atoms with Crippen molar-refractivity contribution in [3.63, 3.8) is 0 Å². The number of hydrogen-bond acceptors (Lipinski definition) is 5. The lowest BCUT2D eigenvalue weighted by Crippen LogP contribution is -2.56. The number of rotatable bonds is 1. The summed E-state index contributed by atoms with van der Waals surface area (Å²) < 4.78 is 17.3. The van der Waals surface area contributed by atoms with Crippen LogP contribution in [-0.4, -0.2) is 57.8 Å². The quantitative estimate of drug-likeness (QED) is 0.367. The minimum atomic E-state index is -1.99. The molecule has 1 aliphatic heterocycles. The molecule has 5 nitrogen and oxygen atoms in total. The highest BCUT2D eigenvalue weighted by atomic mass is 18.2. The Kier molecular flexibility index (Phi) is 2.97. The van der Waals surface area contributed by atoms with E-state index in [0.29, 0.717) is 0 Å². The standard InChI is InChI=1S/C6H11FO5/c7-3-4(9)2(1-8)12-6(11)5(3)10/h2-6,8-11H,1H2/t2-,3+,4-,5-,6?/m1/s1/i7-1. The third kappa shape index (κ3) is 1.57. The Morgan fingerprint density at radius 1 is 1.17 bits per heavy atom. The lowest BCUT2D eigenvalue weighted by molar-refractivity contribution is -0.274. The first-order valence-electron chi connectivity index (χ1n) is 3.52. The van der Waals surface area contributed by atoms with Crippen LogP contribution < -0.4 is 0 Å². The Bertz CT molecular complexity index is 150. The summed E-state index contributed by atoms with van der Waals surface area (Å²) in [6, 6.07) is 0. The van der Waals surface area contributed by atoms with Gasteiger partial charge in [-0.1, -0.05) is 0 Å². The van der Waals surface area contributed by atoms with Crippen molar-refractivity contribution in [2.75, 3.05) is 6.61 Å². The molecular weight excluding hydrogens is 170 g/mol. The molecule has 1 aliphatic rings. The van der Waals surface area contributed by atoms with Crippen LogP contribution >= 0.6 is 0 Å². The highest BCUT2D eigenvalue weighted by molar-refractivity contribution is 4.88. The van der Waals surface area contributed by atoms with E-state index in [1.807, 2.05) is 0 Å². The molecule has 0 bridgehead atoms. The van der Waals surface area contributed by atoms with E-state index >= 15 is 0 Å². The molecule has 1 saturated heterocycles. The maximum Gasteiger partial charge on any atom is 0.184 e. The van der Waals surface area contributed by atoms with E-state index in [9.17, 15) is 4.39 Å². The zero-order valence-electron chi connectivity index (χ0n) is 6.17. The van der Waals surface area contributed by atoms with E-state index in [2.05, 4.69) is 4.74 Å². The van der Waals surface area contributed by atoms with Gasteiger partial charge in [-0.25, -0.2) is 4.39 Å².